The molecule has 0 saturated carbocycles. The molecule has 0 aromatic rings. The maximum Gasteiger partial charge on any atom is 0.0458 e. The molecular weight excluding hydrogens is 200 g/mol. The van der Waals surface area contributed by atoms with Gasteiger partial charge in [0, 0.05) is 17.1 Å². The quantitative estimate of drug-likeness (QED) is 0.750. The molecule has 1 rings (SSSR count). The van der Waals surface area contributed by atoms with Crippen molar-refractivity contribution in [3.05, 3.63) is 0 Å². The molecule has 1 N–H and O–H groups in total. The van der Waals surface area contributed by atoms with Gasteiger partial charge in [0.25, 0.3) is 0 Å². The fraction of sp³-hybridized carbons (Fsp3) is 1.00. The van der Waals surface area contributed by atoms with Crippen molar-refractivity contribution in [1.82, 2.24) is 10.4 Å². The third-order valence-electron chi connectivity index (χ3n) is 3.55. The van der Waals surface area contributed by atoms with Crippen molar-refractivity contribution in [3.8, 4) is 0 Å². The van der Waals surface area contributed by atoms with Gasteiger partial charge in [-0.2, -0.15) is 0 Å². The van der Waals surface area contributed by atoms with Gasteiger partial charge >= 0.3 is 0 Å². The van der Waals surface area contributed by atoms with E-state index in [1.165, 1.54) is 17.9 Å². The molecule has 0 spiro atoms. The molecule has 0 amide bonds. The van der Waals surface area contributed by atoms with Gasteiger partial charge in [-0.3, -0.25) is 0 Å². The highest BCUT2D eigenvalue weighted by atomic mass is 16.5. The first-order valence-electron chi connectivity index (χ1n) is 6.50. The van der Waals surface area contributed by atoms with Crippen LogP contribution in [0.25, 0.3) is 0 Å². The zero-order valence-corrected chi connectivity index (χ0v) is 11.5. The van der Waals surface area contributed by atoms with Gasteiger partial charge in [0.15, 0.2) is 0 Å². The van der Waals surface area contributed by atoms with Crippen molar-refractivity contribution in [2.45, 2.75) is 77.4 Å². The van der Waals surface area contributed by atoms with Crippen LogP contribution in [-0.2, 0) is 5.21 Å². The Balaban J connectivity index is 2.57. The Morgan fingerprint density at radius 1 is 1.19 bits per heavy atom. The van der Waals surface area contributed by atoms with Gasteiger partial charge in [0.2, 0.25) is 0 Å². The van der Waals surface area contributed by atoms with E-state index >= 15 is 0 Å². The summed E-state index contributed by atoms with van der Waals surface area (Å²) in [6.45, 7) is 11.5. The average Bonchev–Trinajstić information content (AvgIpc) is 2.14. The van der Waals surface area contributed by atoms with Gasteiger partial charge in [0.1, 0.15) is 0 Å². The van der Waals surface area contributed by atoms with Crippen molar-refractivity contribution in [3.63, 3.8) is 0 Å². The molecule has 3 heteroatoms. The van der Waals surface area contributed by atoms with Crippen molar-refractivity contribution in [2.75, 3.05) is 6.54 Å². The fourth-order valence-corrected chi connectivity index (χ4v) is 2.89. The predicted octanol–water partition coefficient (Wildman–Crippen LogP) is 2.74. The number of unbranched alkanes of at least 4 members (excludes halogenated alkanes) is 1. The first-order valence-corrected chi connectivity index (χ1v) is 6.50. The van der Waals surface area contributed by atoms with Crippen LogP contribution in [0.2, 0.25) is 0 Å². The Bertz CT molecular complexity index is 208. The van der Waals surface area contributed by atoms with Crippen molar-refractivity contribution < 1.29 is 5.21 Å². The summed E-state index contributed by atoms with van der Waals surface area (Å²) < 4.78 is 0. The number of nitrogens with one attached hydrogen (secondary N) is 1. The van der Waals surface area contributed by atoms with Crippen LogP contribution < -0.4 is 5.32 Å². The highest BCUT2D eigenvalue weighted by molar-refractivity contribution is 4.98. The molecule has 1 fully saturated rings. The SMILES string of the molecule is CCCCNC1CC(C)(C)N([O])C(C)(C)C1. The Kier molecular flexibility index (Phi) is 4.38. The van der Waals surface area contributed by atoms with Crippen LogP contribution in [0.15, 0.2) is 0 Å². The first kappa shape index (κ1) is 13.9. The lowest BCUT2D eigenvalue weighted by Gasteiger charge is -2.50. The summed E-state index contributed by atoms with van der Waals surface area (Å²) in [5.74, 6) is 0. The maximum absolute atomic E-state index is 12.1. The zero-order valence-electron chi connectivity index (χ0n) is 11.5. The summed E-state index contributed by atoms with van der Waals surface area (Å²) >= 11 is 0. The van der Waals surface area contributed by atoms with Crippen LogP contribution in [-0.4, -0.2) is 28.7 Å². The molecule has 1 heterocycles. The highest BCUT2D eigenvalue weighted by Gasteiger charge is 2.45. The van der Waals surface area contributed by atoms with Crippen LogP contribution in [0, 0.1) is 0 Å². The summed E-state index contributed by atoms with van der Waals surface area (Å²) in [6, 6.07) is 0.488. The summed E-state index contributed by atoms with van der Waals surface area (Å²) in [4.78, 5) is 0. The maximum atomic E-state index is 12.1. The van der Waals surface area contributed by atoms with E-state index in [4.69, 9.17) is 0 Å². The lowest BCUT2D eigenvalue weighted by atomic mass is 9.79. The Morgan fingerprint density at radius 2 is 1.69 bits per heavy atom. The van der Waals surface area contributed by atoms with Crippen molar-refractivity contribution >= 4 is 0 Å². The normalized spacial score (nSPS) is 25.9. The molecule has 0 aromatic heterocycles. The lowest BCUT2D eigenvalue weighted by Crippen LogP contribution is -2.61. The number of hydrogen-bond acceptors (Lipinski definition) is 2. The molecule has 0 unspecified atom stereocenters. The van der Waals surface area contributed by atoms with E-state index in [-0.39, 0.29) is 11.1 Å². The standard InChI is InChI=1S/C13H27N2O/c1-6-7-8-14-11-9-12(2,3)15(16)13(4,5)10-11/h11,14H,6-10H2,1-5H3. The number of nitrogens with zero attached hydrogens (tertiary/aromatic N) is 1. The lowest BCUT2D eigenvalue weighted by molar-refractivity contribution is -0.290. The van der Waals surface area contributed by atoms with Crippen LogP contribution in [0.1, 0.15) is 60.3 Å². The van der Waals surface area contributed by atoms with Gasteiger partial charge in [-0.25, -0.2) is 0 Å². The van der Waals surface area contributed by atoms with Crippen LogP contribution in [0.5, 0.6) is 0 Å². The van der Waals surface area contributed by atoms with Gasteiger partial charge in [-0.05, 0) is 53.5 Å². The van der Waals surface area contributed by atoms with Crippen molar-refractivity contribution in [2.24, 2.45) is 0 Å². The smallest absolute Gasteiger partial charge is 0.0458 e. The first-order chi connectivity index (χ1) is 7.29. The minimum atomic E-state index is -0.244. The van der Waals surface area contributed by atoms with Crippen molar-refractivity contribution in [1.29, 1.82) is 0 Å². The molecule has 3 nitrogen and oxygen atoms in total. The van der Waals surface area contributed by atoms with Crippen LogP contribution in [0.3, 0.4) is 0 Å². The molecule has 0 aromatic carbocycles. The number of rotatable bonds is 4. The van der Waals surface area contributed by atoms with E-state index in [1.807, 2.05) is 0 Å². The molecule has 0 atom stereocenters. The molecule has 16 heavy (non-hydrogen) atoms. The summed E-state index contributed by atoms with van der Waals surface area (Å²) in [5, 5.41) is 17.0. The molecule has 1 aliphatic heterocycles. The van der Waals surface area contributed by atoms with Crippen LogP contribution in [0.4, 0.5) is 0 Å². The molecule has 1 aliphatic rings. The van der Waals surface area contributed by atoms with Crippen LogP contribution >= 0.6 is 0 Å². The van der Waals surface area contributed by atoms with Gasteiger partial charge < -0.3 is 5.32 Å². The topological polar surface area (TPSA) is 35.2 Å². The predicted molar refractivity (Wildman–Crippen MR) is 66.6 cm³/mol. The third kappa shape index (κ3) is 3.19. The Morgan fingerprint density at radius 3 is 2.12 bits per heavy atom. The largest absolute Gasteiger partial charge is 0.314 e. The summed E-state index contributed by atoms with van der Waals surface area (Å²) in [5.41, 5.74) is -0.489. The molecule has 0 bridgehead atoms. The minimum Gasteiger partial charge on any atom is -0.314 e. The number of piperidine rings is 1. The second kappa shape index (κ2) is 5.03. The second-order valence-corrected chi connectivity index (χ2v) is 6.33. The van der Waals surface area contributed by atoms with E-state index in [1.54, 1.807) is 0 Å². The number of hydrogen-bond donors (Lipinski definition) is 1. The van der Waals surface area contributed by atoms with E-state index in [0.717, 1.165) is 19.4 Å². The van der Waals surface area contributed by atoms with E-state index in [2.05, 4.69) is 39.9 Å². The second-order valence-electron chi connectivity index (χ2n) is 6.33. The Labute approximate surface area is 100 Å². The Hall–Kier alpha value is -0.120. The van der Waals surface area contributed by atoms with Gasteiger partial charge in [0.05, 0.1) is 0 Å². The van der Waals surface area contributed by atoms with Gasteiger partial charge in [-0.1, -0.05) is 13.3 Å². The molecule has 1 saturated heterocycles. The van der Waals surface area contributed by atoms with E-state index in [9.17, 15) is 5.21 Å². The molecule has 95 valence electrons. The van der Waals surface area contributed by atoms with E-state index in [0.29, 0.717) is 6.04 Å². The zero-order chi connectivity index (χ0) is 12.4. The monoisotopic (exact) mass is 227 g/mol. The molecular formula is C13H27N2O. The minimum absolute atomic E-state index is 0.244. The summed E-state index contributed by atoms with van der Waals surface area (Å²) in [6.07, 6.45) is 4.34. The molecule has 0 aliphatic carbocycles. The third-order valence-corrected chi connectivity index (χ3v) is 3.55. The highest BCUT2D eigenvalue weighted by Crippen LogP contribution is 2.36. The van der Waals surface area contributed by atoms with Gasteiger partial charge in [-0.15, -0.1) is 10.3 Å². The van der Waals surface area contributed by atoms with E-state index < -0.39 is 0 Å². The number of hydroxylamine groups is 2. The molecule has 1 radical (unpaired) electrons. The summed E-state index contributed by atoms with van der Waals surface area (Å²) in [7, 11) is 0. The fourth-order valence-electron chi connectivity index (χ4n) is 2.89. The average molecular weight is 227 g/mol.